The highest BCUT2D eigenvalue weighted by Gasteiger charge is 2.31. The number of nitrogens with zero attached hydrogens (tertiary/aromatic N) is 2. The van der Waals surface area contributed by atoms with Gasteiger partial charge in [0.25, 0.3) is 0 Å². The van der Waals surface area contributed by atoms with E-state index in [1.54, 1.807) is 19.1 Å². The molecule has 0 radical (unpaired) electrons. The Hall–Kier alpha value is -1.96. The highest BCUT2D eigenvalue weighted by atomic mass is 19.4. The van der Waals surface area contributed by atoms with Gasteiger partial charge in [0.1, 0.15) is 0 Å². The highest BCUT2D eigenvalue weighted by molar-refractivity contribution is 6.02. The summed E-state index contributed by atoms with van der Waals surface area (Å²) in [6, 6.07) is 3.15. The van der Waals surface area contributed by atoms with Crippen molar-refractivity contribution in [3.8, 4) is 0 Å². The van der Waals surface area contributed by atoms with E-state index in [0.29, 0.717) is 25.3 Å². The maximum absolute atomic E-state index is 12.7. The number of nitrogens with two attached hydrogens (primary N) is 1. The summed E-state index contributed by atoms with van der Waals surface area (Å²) in [7, 11) is 3.28. The molecule has 0 amide bonds. The Bertz CT molecular complexity index is 504. The number of rotatable bonds is 6. The molecule has 1 aromatic rings. The Morgan fingerprint density at radius 1 is 1.43 bits per heavy atom. The first-order chi connectivity index (χ1) is 9.81. The predicted octanol–water partition coefficient (Wildman–Crippen LogP) is 2.27. The molecule has 8 heteroatoms. The number of alkyl halides is 3. The van der Waals surface area contributed by atoms with Gasteiger partial charge in [-0.1, -0.05) is 5.16 Å². The summed E-state index contributed by atoms with van der Waals surface area (Å²) in [5.41, 5.74) is 5.12. The Labute approximate surface area is 120 Å². The average Bonchev–Trinajstić information content (AvgIpc) is 2.45. The van der Waals surface area contributed by atoms with Crippen LogP contribution in [0.2, 0.25) is 0 Å². The standard InChI is InChI=1S/C13H18F3N3O2/c1-19(6-3-7-21-2)11-5-4-9(13(14,15)16)8-10(11)12(17)18-20/h4-5,8,20H,3,6-7H2,1-2H3,(H2,17,18). The number of oxime groups is 1. The van der Waals surface area contributed by atoms with Crippen LogP contribution < -0.4 is 10.6 Å². The second-order valence-electron chi connectivity index (χ2n) is 4.48. The van der Waals surface area contributed by atoms with E-state index in [1.165, 1.54) is 6.07 Å². The second-order valence-corrected chi connectivity index (χ2v) is 4.48. The van der Waals surface area contributed by atoms with Crippen LogP contribution in [0.15, 0.2) is 23.4 Å². The molecule has 118 valence electrons. The van der Waals surface area contributed by atoms with E-state index in [2.05, 4.69) is 5.16 Å². The van der Waals surface area contributed by atoms with E-state index < -0.39 is 11.7 Å². The van der Waals surface area contributed by atoms with Crippen LogP contribution in [0.25, 0.3) is 0 Å². The summed E-state index contributed by atoms with van der Waals surface area (Å²) in [5, 5.41) is 11.5. The molecule has 0 saturated heterocycles. The zero-order valence-electron chi connectivity index (χ0n) is 11.8. The lowest BCUT2D eigenvalue weighted by atomic mass is 10.1. The summed E-state index contributed by atoms with van der Waals surface area (Å²) in [5.74, 6) is -0.366. The van der Waals surface area contributed by atoms with Crippen LogP contribution in [0.5, 0.6) is 0 Å². The number of amidine groups is 1. The van der Waals surface area contributed by atoms with E-state index in [-0.39, 0.29) is 11.4 Å². The van der Waals surface area contributed by atoms with Crippen LogP contribution in [-0.2, 0) is 10.9 Å². The molecule has 21 heavy (non-hydrogen) atoms. The fourth-order valence-electron chi connectivity index (χ4n) is 1.87. The van der Waals surface area contributed by atoms with Gasteiger partial charge < -0.3 is 20.6 Å². The van der Waals surface area contributed by atoms with E-state index in [4.69, 9.17) is 15.7 Å². The lowest BCUT2D eigenvalue weighted by Crippen LogP contribution is -2.25. The normalized spacial score (nSPS) is 12.5. The maximum Gasteiger partial charge on any atom is 0.416 e. The third kappa shape index (κ3) is 4.52. The monoisotopic (exact) mass is 305 g/mol. The zero-order chi connectivity index (χ0) is 16.0. The molecule has 0 bridgehead atoms. The van der Waals surface area contributed by atoms with Crippen molar-refractivity contribution in [2.75, 3.05) is 32.2 Å². The van der Waals surface area contributed by atoms with Crippen molar-refractivity contribution in [3.63, 3.8) is 0 Å². The Morgan fingerprint density at radius 3 is 2.62 bits per heavy atom. The Balaban J connectivity index is 3.13. The predicted molar refractivity (Wildman–Crippen MR) is 73.7 cm³/mol. The molecule has 0 unspecified atom stereocenters. The second kappa shape index (κ2) is 7.16. The Kier molecular flexibility index (Phi) is 5.83. The van der Waals surface area contributed by atoms with Gasteiger partial charge in [0.15, 0.2) is 5.84 Å². The fraction of sp³-hybridized carbons (Fsp3) is 0.462. The topological polar surface area (TPSA) is 71.1 Å². The third-order valence-electron chi connectivity index (χ3n) is 2.96. The molecule has 0 aliphatic rings. The van der Waals surface area contributed by atoms with Gasteiger partial charge in [0, 0.05) is 38.6 Å². The minimum Gasteiger partial charge on any atom is -0.409 e. The van der Waals surface area contributed by atoms with Gasteiger partial charge in [0.05, 0.1) is 5.56 Å². The van der Waals surface area contributed by atoms with Crippen molar-refractivity contribution < 1.29 is 23.1 Å². The molecule has 0 aromatic heterocycles. The van der Waals surface area contributed by atoms with Crippen LogP contribution in [0.1, 0.15) is 17.5 Å². The first-order valence-corrected chi connectivity index (χ1v) is 6.20. The molecule has 0 spiro atoms. The van der Waals surface area contributed by atoms with Crippen LogP contribution >= 0.6 is 0 Å². The number of benzene rings is 1. The molecule has 0 aliphatic carbocycles. The summed E-state index contributed by atoms with van der Waals surface area (Å²) in [6.45, 7) is 1.09. The van der Waals surface area contributed by atoms with Crippen molar-refractivity contribution in [3.05, 3.63) is 29.3 Å². The van der Waals surface area contributed by atoms with Gasteiger partial charge in [-0.3, -0.25) is 0 Å². The molecule has 0 saturated carbocycles. The van der Waals surface area contributed by atoms with Gasteiger partial charge in [-0.2, -0.15) is 13.2 Å². The fourth-order valence-corrected chi connectivity index (χ4v) is 1.87. The lowest BCUT2D eigenvalue weighted by molar-refractivity contribution is -0.137. The number of halogens is 3. The molecular formula is C13H18F3N3O2. The summed E-state index contributed by atoms with van der Waals surface area (Å²) in [6.07, 6.45) is -3.79. The zero-order valence-corrected chi connectivity index (χ0v) is 11.8. The van der Waals surface area contributed by atoms with Gasteiger partial charge in [-0.15, -0.1) is 0 Å². The molecule has 3 N–H and O–H groups in total. The molecule has 0 heterocycles. The molecule has 1 aromatic carbocycles. The number of ether oxygens (including phenoxy) is 1. The van der Waals surface area contributed by atoms with Gasteiger partial charge in [-0.05, 0) is 24.6 Å². The van der Waals surface area contributed by atoms with Crippen molar-refractivity contribution >= 4 is 11.5 Å². The number of hydrogen-bond donors (Lipinski definition) is 2. The number of hydrogen-bond acceptors (Lipinski definition) is 4. The van der Waals surface area contributed by atoms with Crippen LogP contribution in [-0.4, -0.2) is 38.4 Å². The third-order valence-corrected chi connectivity index (χ3v) is 2.96. The molecule has 0 aliphatic heterocycles. The minimum atomic E-state index is -4.49. The van der Waals surface area contributed by atoms with Crippen molar-refractivity contribution in [1.82, 2.24) is 0 Å². The van der Waals surface area contributed by atoms with E-state index in [0.717, 1.165) is 12.1 Å². The van der Waals surface area contributed by atoms with Crippen LogP contribution in [0.4, 0.5) is 18.9 Å². The summed E-state index contributed by atoms with van der Waals surface area (Å²) < 4.78 is 43.2. The van der Waals surface area contributed by atoms with E-state index in [9.17, 15) is 13.2 Å². The average molecular weight is 305 g/mol. The van der Waals surface area contributed by atoms with Crippen molar-refractivity contribution in [1.29, 1.82) is 0 Å². The largest absolute Gasteiger partial charge is 0.416 e. The van der Waals surface area contributed by atoms with Crippen LogP contribution in [0, 0.1) is 0 Å². The molecule has 0 fully saturated rings. The van der Waals surface area contributed by atoms with Gasteiger partial charge in [-0.25, -0.2) is 0 Å². The molecule has 5 nitrogen and oxygen atoms in total. The summed E-state index contributed by atoms with van der Waals surface area (Å²) >= 11 is 0. The molecule has 0 atom stereocenters. The van der Waals surface area contributed by atoms with Crippen molar-refractivity contribution in [2.45, 2.75) is 12.6 Å². The SMILES string of the molecule is COCCCN(C)c1ccc(C(F)(F)F)cc1C(N)=NO. The van der Waals surface area contributed by atoms with Gasteiger partial charge in [0.2, 0.25) is 0 Å². The molecule has 1 rings (SSSR count). The quantitative estimate of drug-likeness (QED) is 0.278. The first kappa shape index (κ1) is 17.1. The van der Waals surface area contributed by atoms with Crippen molar-refractivity contribution in [2.24, 2.45) is 10.9 Å². The number of methoxy groups -OCH3 is 1. The van der Waals surface area contributed by atoms with E-state index >= 15 is 0 Å². The maximum atomic E-state index is 12.7. The highest BCUT2D eigenvalue weighted by Crippen LogP contribution is 2.32. The lowest BCUT2D eigenvalue weighted by Gasteiger charge is -2.23. The first-order valence-electron chi connectivity index (χ1n) is 6.20. The minimum absolute atomic E-state index is 0.0345. The molecular weight excluding hydrogens is 287 g/mol. The van der Waals surface area contributed by atoms with Gasteiger partial charge >= 0.3 is 6.18 Å². The van der Waals surface area contributed by atoms with Crippen LogP contribution in [0.3, 0.4) is 0 Å². The summed E-state index contributed by atoms with van der Waals surface area (Å²) in [4.78, 5) is 1.73. The Morgan fingerprint density at radius 2 is 2.10 bits per heavy atom. The number of anilines is 1. The smallest absolute Gasteiger partial charge is 0.409 e. The van der Waals surface area contributed by atoms with E-state index in [1.807, 2.05) is 0 Å².